The lowest BCUT2D eigenvalue weighted by Crippen LogP contribution is -2.24. The fourth-order valence-corrected chi connectivity index (χ4v) is 3.39. The Kier molecular flexibility index (Phi) is 5.44. The molecule has 24 heavy (non-hydrogen) atoms. The van der Waals surface area contributed by atoms with Crippen molar-refractivity contribution in [2.75, 3.05) is 11.1 Å². The fraction of sp³-hybridized carbons (Fsp3) is 0.133. The molecule has 124 valence electrons. The fourth-order valence-electron chi connectivity index (χ4n) is 1.79. The summed E-state index contributed by atoms with van der Waals surface area (Å²) in [5, 5.41) is 14.2. The Morgan fingerprint density at radius 2 is 2.21 bits per heavy atom. The summed E-state index contributed by atoms with van der Waals surface area (Å²) in [6, 6.07) is 9.65. The van der Waals surface area contributed by atoms with Gasteiger partial charge in [0.2, 0.25) is 11.0 Å². The van der Waals surface area contributed by atoms with E-state index in [1.807, 2.05) is 0 Å². The van der Waals surface area contributed by atoms with Crippen LogP contribution in [-0.4, -0.2) is 21.9 Å². The first-order valence-corrected chi connectivity index (χ1v) is 8.77. The molecule has 9 heteroatoms. The predicted molar refractivity (Wildman–Crippen MR) is 90.9 cm³/mol. The monoisotopic (exact) mass is 364 g/mol. The first-order chi connectivity index (χ1) is 11.7. The lowest BCUT2D eigenvalue weighted by Gasteiger charge is -2.01. The Hall–Kier alpha value is -2.39. The maximum atomic E-state index is 13.1. The number of amides is 1. The van der Waals surface area contributed by atoms with Gasteiger partial charge in [-0.15, -0.1) is 10.2 Å². The highest BCUT2D eigenvalue weighted by Gasteiger charge is 2.09. The molecule has 2 N–H and O–H groups in total. The number of carbonyl (C=O) groups excluding carboxylic acids is 1. The number of carbonyl (C=O) groups is 1. The van der Waals surface area contributed by atoms with Crippen LogP contribution in [0.5, 0.6) is 0 Å². The van der Waals surface area contributed by atoms with Gasteiger partial charge < -0.3 is 15.1 Å². The van der Waals surface area contributed by atoms with Crippen molar-refractivity contribution in [1.29, 1.82) is 0 Å². The molecular formula is C15H13FN4O2S2. The predicted octanol–water partition coefficient (Wildman–Crippen LogP) is 3.42. The topological polar surface area (TPSA) is 80.0 Å². The maximum Gasteiger partial charge on any atom is 0.230 e. The smallest absolute Gasteiger partial charge is 0.230 e. The average Bonchev–Trinajstić information content (AvgIpc) is 3.23. The van der Waals surface area contributed by atoms with Crippen LogP contribution < -0.4 is 10.6 Å². The average molecular weight is 364 g/mol. The zero-order valence-corrected chi connectivity index (χ0v) is 14.0. The largest absolute Gasteiger partial charge is 0.467 e. The van der Waals surface area contributed by atoms with Crippen molar-refractivity contribution in [1.82, 2.24) is 15.5 Å². The number of furan rings is 1. The van der Waals surface area contributed by atoms with Crippen LogP contribution in [0.3, 0.4) is 0 Å². The standard InChI is InChI=1S/C15H13FN4O2S2/c16-10-3-1-4-11(7-10)18-14-19-20-15(24-14)23-9-13(21)17-8-12-5-2-6-22-12/h1-7H,8-9H2,(H,17,21)(H,18,19). The van der Waals surface area contributed by atoms with Crippen molar-refractivity contribution >= 4 is 39.8 Å². The highest BCUT2D eigenvalue weighted by Crippen LogP contribution is 2.27. The van der Waals surface area contributed by atoms with Gasteiger partial charge in [-0.05, 0) is 30.3 Å². The van der Waals surface area contributed by atoms with Crippen molar-refractivity contribution in [3.63, 3.8) is 0 Å². The molecule has 0 radical (unpaired) electrons. The number of anilines is 2. The van der Waals surface area contributed by atoms with Crippen LogP contribution in [0.1, 0.15) is 5.76 Å². The van der Waals surface area contributed by atoms with Crippen molar-refractivity contribution in [3.8, 4) is 0 Å². The lowest BCUT2D eigenvalue weighted by molar-refractivity contribution is -0.118. The van der Waals surface area contributed by atoms with Gasteiger partial charge >= 0.3 is 0 Å². The van der Waals surface area contributed by atoms with Crippen molar-refractivity contribution in [2.45, 2.75) is 10.9 Å². The SMILES string of the molecule is O=C(CSc1nnc(Nc2cccc(F)c2)s1)NCc1ccco1. The Morgan fingerprint density at radius 1 is 1.29 bits per heavy atom. The molecule has 2 aromatic heterocycles. The molecule has 1 amide bonds. The van der Waals surface area contributed by atoms with Gasteiger partial charge in [-0.25, -0.2) is 4.39 Å². The van der Waals surface area contributed by atoms with Crippen LogP contribution in [0.25, 0.3) is 0 Å². The van der Waals surface area contributed by atoms with Gasteiger partial charge in [-0.3, -0.25) is 4.79 Å². The number of aromatic nitrogens is 2. The minimum atomic E-state index is -0.327. The summed E-state index contributed by atoms with van der Waals surface area (Å²) in [5.74, 6) is 0.486. The Labute approximate surface area is 145 Å². The van der Waals surface area contributed by atoms with E-state index in [9.17, 15) is 9.18 Å². The number of benzene rings is 1. The van der Waals surface area contributed by atoms with Gasteiger partial charge in [0.1, 0.15) is 11.6 Å². The molecule has 0 aliphatic rings. The Bertz CT molecular complexity index is 807. The molecule has 0 fully saturated rings. The Morgan fingerprint density at radius 3 is 3.00 bits per heavy atom. The number of halogens is 1. The molecule has 0 bridgehead atoms. The van der Waals surface area contributed by atoms with Gasteiger partial charge in [0.25, 0.3) is 0 Å². The van der Waals surface area contributed by atoms with Gasteiger partial charge in [0.15, 0.2) is 4.34 Å². The summed E-state index contributed by atoms with van der Waals surface area (Å²) >= 11 is 2.59. The van der Waals surface area contributed by atoms with E-state index in [0.717, 1.165) is 0 Å². The second kappa shape index (κ2) is 7.93. The van der Waals surface area contributed by atoms with Crippen LogP contribution >= 0.6 is 23.1 Å². The second-order valence-electron chi connectivity index (χ2n) is 4.65. The van der Waals surface area contributed by atoms with Crippen LogP contribution in [0.2, 0.25) is 0 Å². The molecule has 6 nitrogen and oxygen atoms in total. The van der Waals surface area contributed by atoms with E-state index in [0.29, 0.717) is 27.5 Å². The van der Waals surface area contributed by atoms with Gasteiger partial charge in [-0.2, -0.15) is 0 Å². The van der Waals surface area contributed by atoms with E-state index in [-0.39, 0.29) is 17.5 Å². The highest BCUT2D eigenvalue weighted by molar-refractivity contribution is 8.01. The van der Waals surface area contributed by atoms with E-state index >= 15 is 0 Å². The molecule has 0 unspecified atom stereocenters. The number of hydrogen-bond donors (Lipinski definition) is 2. The minimum Gasteiger partial charge on any atom is -0.467 e. The quantitative estimate of drug-likeness (QED) is 0.625. The number of rotatable bonds is 7. The summed E-state index contributed by atoms with van der Waals surface area (Å²) in [4.78, 5) is 11.8. The second-order valence-corrected chi connectivity index (χ2v) is 6.85. The van der Waals surface area contributed by atoms with E-state index in [1.165, 1.54) is 35.2 Å². The van der Waals surface area contributed by atoms with Gasteiger partial charge in [0, 0.05) is 5.69 Å². The molecule has 0 atom stereocenters. The molecule has 3 rings (SSSR count). The van der Waals surface area contributed by atoms with E-state index in [2.05, 4.69) is 20.8 Å². The van der Waals surface area contributed by atoms with E-state index in [1.54, 1.807) is 30.5 Å². The summed E-state index contributed by atoms with van der Waals surface area (Å²) < 4.78 is 18.9. The molecule has 3 aromatic rings. The Balaban J connectivity index is 1.46. The molecule has 0 aliphatic heterocycles. The third-order valence-corrected chi connectivity index (χ3v) is 4.82. The molecule has 2 heterocycles. The number of nitrogens with zero attached hydrogens (tertiary/aromatic N) is 2. The first-order valence-electron chi connectivity index (χ1n) is 6.97. The number of thioether (sulfide) groups is 1. The maximum absolute atomic E-state index is 13.1. The van der Waals surface area contributed by atoms with E-state index in [4.69, 9.17) is 4.42 Å². The summed E-state index contributed by atoms with van der Waals surface area (Å²) in [6.07, 6.45) is 1.56. The minimum absolute atomic E-state index is 0.119. The first kappa shape index (κ1) is 16.5. The normalized spacial score (nSPS) is 10.5. The number of hydrogen-bond acceptors (Lipinski definition) is 7. The van der Waals surface area contributed by atoms with Crippen LogP contribution in [0.4, 0.5) is 15.2 Å². The van der Waals surface area contributed by atoms with Gasteiger partial charge in [-0.1, -0.05) is 29.2 Å². The van der Waals surface area contributed by atoms with Gasteiger partial charge in [0.05, 0.1) is 18.6 Å². The third kappa shape index (κ3) is 4.80. The van der Waals surface area contributed by atoms with Crippen LogP contribution in [0.15, 0.2) is 51.4 Å². The van der Waals surface area contributed by atoms with E-state index < -0.39 is 0 Å². The van der Waals surface area contributed by atoms with Crippen molar-refractivity contribution in [2.24, 2.45) is 0 Å². The molecule has 0 saturated heterocycles. The van der Waals surface area contributed by atoms with Crippen molar-refractivity contribution in [3.05, 3.63) is 54.2 Å². The summed E-state index contributed by atoms with van der Waals surface area (Å²) in [6.45, 7) is 0.356. The van der Waals surface area contributed by atoms with Crippen molar-refractivity contribution < 1.29 is 13.6 Å². The molecule has 1 aromatic carbocycles. The summed E-state index contributed by atoms with van der Waals surface area (Å²) in [5.41, 5.74) is 0.596. The van der Waals surface area contributed by atoms with Crippen LogP contribution in [0, 0.1) is 5.82 Å². The lowest BCUT2D eigenvalue weighted by atomic mass is 10.3. The molecule has 0 aliphatic carbocycles. The molecule has 0 spiro atoms. The number of nitrogens with one attached hydrogen (secondary N) is 2. The zero-order chi connectivity index (χ0) is 16.8. The zero-order valence-electron chi connectivity index (χ0n) is 12.4. The highest BCUT2D eigenvalue weighted by atomic mass is 32.2. The summed E-state index contributed by atoms with van der Waals surface area (Å²) in [7, 11) is 0. The van der Waals surface area contributed by atoms with Crippen LogP contribution in [-0.2, 0) is 11.3 Å². The molecule has 0 saturated carbocycles. The molecular weight excluding hydrogens is 351 g/mol. The third-order valence-electron chi connectivity index (χ3n) is 2.85.